The molecule has 0 spiro atoms. The molecule has 1 saturated heterocycles. The quantitative estimate of drug-likeness (QED) is 0.371. The van der Waals surface area contributed by atoms with Crippen LogP contribution in [0.1, 0.15) is 33.2 Å². The number of anilines is 3. The van der Waals surface area contributed by atoms with Crippen LogP contribution in [0, 0.1) is 0 Å². The van der Waals surface area contributed by atoms with Gasteiger partial charge in [-0.1, -0.05) is 35.5 Å². The first-order valence-electron chi connectivity index (χ1n) is 12.3. The number of hydrogen-bond acceptors (Lipinski definition) is 7. The van der Waals surface area contributed by atoms with Crippen molar-refractivity contribution >= 4 is 39.7 Å². The second kappa shape index (κ2) is 8.80. The van der Waals surface area contributed by atoms with E-state index in [4.69, 9.17) is 9.26 Å². The molecule has 0 amide bonds. The van der Waals surface area contributed by atoms with E-state index in [-0.39, 0.29) is 11.8 Å². The summed E-state index contributed by atoms with van der Waals surface area (Å²) in [5.74, 6) is 0.148. The zero-order chi connectivity index (χ0) is 24.8. The molecule has 1 fully saturated rings. The lowest BCUT2D eigenvalue weighted by atomic mass is 9.86. The Hall–Kier alpha value is -4.17. The largest absolute Gasteiger partial charge is 0.462 e. The Balaban J connectivity index is 1.52. The summed E-state index contributed by atoms with van der Waals surface area (Å²) >= 11 is 0. The van der Waals surface area contributed by atoms with E-state index in [1.165, 1.54) is 4.90 Å². The van der Waals surface area contributed by atoms with Crippen LogP contribution in [0.3, 0.4) is 0 Å². The molecule has 4 aromatic rings. The standard InChI is InChI=1S/C28H26N4O4/c1-3-35-28(34)17-7-6-8-18(15-17)29-21-16-22(32-13-11-31(2)12-14-32)25-24-23(21)26(33)19-9-4-5-10-20(19)27(24)36-30-25/h4-10,15-16,29H,3,11-14H2,1-2H3/p+1. The molecule has 3 aromatic carbocycles. The number of nitrogens with one attached hydrogen (secondary N) is 2. The Kier molecular flexibility index (Phi) is 5.45. The van der Waals surface area contributed by atoms with Crippen LogP contribution in [0.15, 0.2) is 59.1 Å². The Morgan fingerprint density at radius 1 is 1.11 bits per heavy atom. The molecule has 8 heteroatoms. The molecule has 36 heavy (non-hydrogen) atoms. The Labute approximate surface area is 208 Å². The van der Waals surface area contributed by atoms with Gasteiger partial charge in [0.25, 0.3) is 0 Å². The molecule has 2 N–H and O–H groups in total. The topological polar surface area (TPSA) is 89.1 Å². The van der Waals surface area contributed by atoms with Gasteiger partial charge in [-0.25, -0.2) is 4.79 Å². The van der Waals surface area contributed by atoms with Gasteiger partial charge in [0.05, 0.1) is 67.7 Å². The van der Waals surface area contributed by atoms with Crippen molar-refractivity contribution in [3.63, 3.8) is 0 Å². The van der Waals surface area contributed by atoms with Crippen molar-refractivity contribution in [3.8, 4) is 11.3 Å². The molecule has 1 aliphatic heterocycles. The van der Waals surface area contributed by atoms with Gasteiger partial charge in [-0.15, -0.1) is 0 Å². The molecule has 1 aromatic heterocycles. The highest BCUT2D eigenvalue weighted by atomic mass is 16.5. The van der Waals surface area contributed by atoms with Crippen molar-refractivity contribution in [1.82, 2.24) is 5.16 Å². The summed E-state index contributed by atoms with van der Waals surface area (Å²) in [4.78, 5) is 29.9. The van der Waals surface area contributed by atoms with Gasteiger partial charge in [0.15, 0.2) is 11.5 Å². The highest BCUT2D eigenvalue weighted by Crippen LogP contribution is 2.46. The number of ketones is 1. The summed E-state index contributed by atoms with van der Waals surface area (Å²) in [6.45, 7) is 5.87. The molecule has 0 atom stereocenters. The van der Waals surface area contributed by atoms with Gasteiger partial charge in [-0.05, 0) is 31.2 Å². The molecular formula is C28H27N4O4+. The number of aromatic nitrogens is 1. The van der Waals surface area contributed by atoms with Crippen LogP contribution in [0.25, 0.3) is 22.2 Å². The monoisotopic (exact) mass is 483 g/mol. The van der Waals surface area contributed by atoms with Crippen LogP contribution in [0.5, 0.6) is 0 Å². The van der Waals surface area contributed by atoms with E-state index in [1.54, 1.807) is 25.1 Å². The van der Waals surface area contributed by atoms with Crippen LogP contribution in [-0.2, 0) is 4.74 Å². The van der Waals surface area contributed by atoms with Crippen LogP contribution < -0.4 is 15.1 Å². The van der Waals surface area contributed by atoms with Gasteiger partial charge in [0.2, 0.25) is 0 Å². The summed E-state index contributed by atoms with van der Waals surface area (Å²) in [7, 11) is 2.20. The maximum absolute atomic E-state index is 13.8. The third kappa shape index (κ3) is 3.61. The van der Waals surface area contributed by atoms with E-state index in [9.17, 15) is 9.59 Å². The van der Waals surface area contributed by atoms with E-state index in [0.29, 0.717) is 45.9 Å². The minimum atomic E-state index is -0.384. The lowest BCUT2D eigenvalue weighted by Gasteiger charge is -2.32. The first kappa shape index (κ1) is 22.3. The number of carbonyl (C=O) groups excluding carboxylic acids is 2. The van der Waals surface area contributed by atoms with Crippen LogP contribution in [-0.4, -0.2) is 56.7 Å². The average molecular weight is 484 g/mol. The van der Waals surface area contributed by atoms with E-state index in [0.717, 1.165) is 42.8 Å². The SMILES string of the molecule is CCOC(=O)c1cccc(Nc2cc(N3CC[NH+](C)CC3)c3noc4c3c2C(=O)c2ccccc2-4)c1. The maximum Gasteiger partial charge on any atom is 0.338 e. The van der Waals surface area contributed by atoms with Crippen LogP contribution in [0.4, 0.5) is 17.1 Å². The summed E-state index contributed by atoms with van der Waals surface area (Å²) in [5, 5.41) is 8.61. The summed E-state index contributed by atoms with van der Waals surface area (Å²) in [6, 6.07) is 16.6. The fraction of sp³-hybridized carbons (Fsp3) is 0.250. The lowest BCUT2D eigenvalue weighted by molar-refractivity contribution is -0.880. The molecule has 182 valence electrons. The average Bonchev–Trinajstić information content (AvgIpc) is 3.34. The van der Waals surface area contributed by atoms with Crippen molar-refractivity contribution < 1.29 is 23.7 Å². The number of hydrogen-bond donors (Lipinski definition) is 2. The molecule has 6 rings (SSSR count). The van der Waals surface area contributed by atoms with E-state index >= 15 is 0 Å². The number of esters is 1. The van der Waals surface area contributed by atoms with Crippen LogP contribution >= 0.6 is 0 Å². The molecule has 2 aliphatic rings. The Morgan fingerprint density at radius 2 is 1.89 bits per heavy atom. The predicted octanol–water partition coefficient (Wildman–Crippen LogP) is 3.29. The number of piperazine rings is 1. The van der Waals surface area contributed by atoms with Gasteiger partial charge < -0.3 is 24.4 Å². The van der Waals surface area contributed by atoms with Crippen molar-refractivity contribution in [1.29, 1.82) is 0 Å². The number of ether oxygens (including phenoxy) is 1. The second-order valence-electron chi connectivity index (χ2n) is 9.30. The number of fused-ring (bicyclic) bond motifs is 2. The minimum absolute atomic E-state index is 0.0790. The lowest BCUT2D eigenvalue weighted by Crippen LogP contribution is -3.12. The van der Waals surface area contributed by atoms with E-state index in [1.807, 2.05) is 36.4 Å². The van der Waals surface area contributed by atoms with Crippen molar-refractivity contribution in [3.05, 3.63) is 71.3 Å². The minimum Gasteiger partial charge on any atom is -0.462 e. The Bertz CT molecular complexity index is 1500. The number of quaternary nitrogens is 1. The maximum atomic E-state index is 13.8. The molecular weight excluding hydrogens is 456 g/mol. The number of likely N-dealkylation sites (N-methyl/N-ethyl adjacent to an activating group) is 1. The smallest absolute Gasteiger partial charge is 0.338 e. The zero-order valence-corrected chi connectivity index (χ0v) is 20.3. The van der Waals surface area contributed by atoms with Gasteiger partial charge in [-0.2, -0.15) is 0 Å². The number of nitrogens with zero attached hydrogens (tertiary/aromatic N) is 2. The summed E-state index contributed by atoms with van der Waals surface area (Å²) < 4.78 is 11.0. The second-order valence-corrected chi connectivity index (χ2v) is 9.30. The van der Waals surface area contributed by atoms with Crippen molar-refractivity contribution in [2.75, 3.05) is 50.1 Å². The van der Waals surface area contributed by atoms with E-state index < -0.39 is 0 Å². The van der Waals surface area contributed by atoms with Gasteiger partial charge in [0, 0.05) is 16.8 Å². The third-order valence-electron chi connectivity index (χ3n) is 6.99. The predicted molar refractivity (Wildman–Crippen MR) is 137 cm³/mol. The van der Waals surface area contributed by atoms with Crippen LogP contribution in [0.2, 0.25) is 0 Å². The zero-order valence-electron chi connectivity index (χ0n) is 20.3. The fourth-order valence-corrected chi connectivity index (χ4v) is 5.11. The molecule has 0 bridgehead atoms. The Morgan fingerprint density at radius 3 is 2.67 bits per heavy atom. The summed E-state index contributed by atoms with van der Waals surface area (Å²) in [5.41, 5.74) is 5.31. The number of rotatable bonds is 5. The highest BCUT2D eigenvalue weighted by molar-refractivity contribution is 6.28. The first-order valence-corrected chi connectivity index (χ1v) is 12.3. The van der Waals surface area contributed by atoms with Gasteiger partial charge in [-0.3, -0.25) is 4.79 Å². The van der Waals surface area contributed by atoms with Gasteiger partial charge >= 0.3 is 5.97 Å². The highest BCUT2D eigenvalue weighted by Gasteiger charge is 2.34. The molecule has 2 heterocycles. The number of benzene rings is 3. The number of carbonyl (C=O) groups is 2. The molecule has 1 aliphatic carbocycles. The van der Waals surface area contributed by atoms with E-state index in [2.05, 4.69) is 22.4 Å². The third-order valence-corrected chi connectivity index (χ3v) is 6.99. The van der Waals surface area contributed by atoms with Crippen molar-refractivity contribution in [2.24, 2.45) is 0 Å². The molecule has 0 saturated carbocycles. The molecule has 8 nitrogen and oxygen atoms in total. The normalized spacial score (nSPS) is 15.2. The fourth-order valence-electron chi connectivity index (χ4n) is 5.11. The summed E-state index contributed by atoms with van der Waals surface area (Å²) in [6.07, 6.45) is 0. The van der Waals surface area contributed by atoms with Crippen molar-refractivity contribution in [2.45, 2.75) is 6.92 Å². The first-order chi connectivity index (χ1) is 17.5. The van der Waals surface area contributed by atoms with Gasteiger partial charge in [0.1, 0.15) is 5.52 Å². The molecule has 0 radical (unpaired) electrons. The molecule has 0 unspecified atom stereocenters.